The highest BCUT2D eigenvalue weighted by atomic mass is 29.3. The van der Waals surface area contributed by atoms with Gasteiger partial charge < -0.3 is 9.33 Å². The number of anilines is 1. The minimum absolute atomic E-state index is 0.205. The van der Waals surface area contributed by atoms with Crippen molar-refractivity contribution in [2.75, 3.05) is 19.0 Å². The van der Waals surface area contributed by atoms with Gasteiger partial charge >= 0.3 is 0 Å². The molecule has 0 N–H and O–H groups in total. The molecule has 4 heteroatoms. The van der Waals surface area contributed by atoms with Gasteiger partial charge in [0.2, 0.25) is 7.83 Å². The Morgan fingerprint density at radius 2 is 1.16 bits per heavy atom. The van der Waals surface area contributed by atoms with Gasteiger partial charge in [0, 0.05) is 31.3 Å². The summed E-state index contributed by atoms with van der Waals surface area (Å²) in [4.78, 5) is 2.26. The molecule has 0 aliphatic carbocycles. The molecule has 0 saturated carbocycles. The maximum Gasteiger partial charge on any atom is 0.218 e. The first-order chi connectivity index (χ1) is 14.8. The third-order valence-electron chi connectivity index (χ3n) is 7.29. The lowest BCUT2D eigenvalue weighted by Gasteiger charge is -2.41. The Labute approximate surface area is 187 Å². The number of hydrogen-bond donors (Lipinski definition) is 0. The van der Waals surface area contributed by atoms with E-state index in [4.69, 9.17) is 4.43 Å². The SMILES string of the molecule is CC(C)O[Si]1(C)c2cccc3cccc(c23)[Si]1(C)c1cccc2cccc(N(C)C)c12. The van der Waals surface area contributed by atoms with Crippen molar-refractivity contribution in [2.45, 2.75) is 33.0 Å². The van der Waals surface area contributed by atoms with Gasteiger partial charge in [0.05, 0.1) is 0 Å². The van der Waals surface area contributed by atoms with Gasteiger partial charge in [-0.1, -0.05) is 73.3 Å². The lowest BCUT2D eigenvalue weighted by atomic mass is 10.1. The zero-order chi connectivity index (χ0) is 22.0. The smallest absolute Gasteiger partial charge is 0.218 e. The number of hydrogen-bond acceptors (Lipinski definition) is 2. The highest BCUT2D eigenvalue weighted by Gasteiger charge is 2.60. The molecule has 0 amide bonds. The highest BCUT2D eigenvalue weighted by Crippen LogP contribution is 2.35. The maximum absolute atomic E-state index is 7.08. The van der Waals surface area contributed by atoms with E-state index in [1.807, 2.05) is 0 Å². The molecule has 4 aromatic carbocycles. The van der Waals surface area contributed by atoms with Gasteiger partial charge in [-0.25, -0.2) is 0 Å². The van der Waals surface area contributed by atoms with E-state index >= 15 is 0 Å². The first-order valence-corrected chi connectivity index (χ1v) is 17.1. The predicted molar refractivity (Wildman–Crippen MR) is 141 cm³/mol. The van der Waals surface area contributed by atoms with Crippen molar-refractivity contribution in [3.05, 3.63) is 72.8 Å². The molecular weight excluding hydrogens is 410 g/mol. The van der Waals surface area contributed by atoms with Gasteiger partial charge in [-0.15, -0.1) is 0 Å². The average molecular weight is 442 g/mol. The molecule has 2 unspecified atom stereocenters. The largest absolute Gasteiger partial charge is 0.412 e. The third kappa shape index (κ3) is 2.71. The van der Waals surface area contributed by atoms with E-state index in [1.54, 1.807) is 5.19 Å². The van der Waals surface area contributed by atoms with Crippen LogP contribution in [0.1, 0.15) is 13.8 Å². The Morgan fingerprint density at radius 3 is 1.71 bits per heavy atom. The molecule has 31 heavy (non-hydrogen) atoms. The summed E-state index contributed by atoms with van der Waals surface area (Å²) in [5.41, 5.74) is 1.30. The Hall–Kier alpha value is -2.41. The van der Waals surface area contributed by atoms with E-state index in [9.17, 15) is 0 Å². The van der Waals surface area contributed by atoms with Crippen molar-refractivity contribution in [3.63, 3.8) is 0 Å². The van der Waals surface area contributed by atoms with E-state index in [0.29, 0.717) is 0 Å². The highest BCUT2D eigenvalue weighted by molar-refractivity contribution is 7.55. The quantitative estimate of drug-likeness (QED) is 0.431. The fourth-order valence-corrected chi connectivity index (χ4v) is 20.7. The molecule has 2 atom stereocenters. The van der Waals surface area contributed by atoms with Crippen LogP contribution < -0.4 is 20.5 Å². The summed E-state index contributed by atoms with van der Waals surface area (Å²) in [6.45, 7) is 9.47. The van der Waals surface area contributed by atoms with Crippen LogP contribution in [0.3, 0.4) is 0 Å². The summed E-state index contributed by atoms with van der Waals surface area (Å²) in [5, 5.41) is 10.1. The second kappa shape index (κ2) is 7.06. The van der Waals surface area contributed by atoms with Crippen molar-refractivity contribution in [1.82, 2.24) is 0 Å². The number of benzene rings is 4. The molecule has 0 radical (unpaired) electrons. The summed E-state index contributed by atoms with van der Waals surface area (Å²) >= 11 is 0. The monoisotopic (exact) mass is 441 g/mol. The number of nitrogens with zero attached hydrogens (tertiary/aromatic N) is 1. The molecule has 2 nitrogen and oxygen atoms in total. The normalized spacial score (nSPS) is 22.5. The molecule has 0 aromatic heterocycles. The Bertz CT molecular complexity index is 1300. The van der Waals surface area contributed by atoms with E-state index in [1.165, 1.54) is 37.6 Å². The van der Waals surface area contributed by atoms with Crippen LogP contribution in [0, 0.1) is 0 Å². The Morgan fingerprint density at radius 1 is 0.677 bits per heavy atom. The van der Waals surface area contributed by atoms with Crippen LogP contribution in [0.15, 0.2) is 72.8 Å². The van der Waals surface area contributed by atoms with Gasteiger partial charge in [-0.3, -0.25) is 0 Å². The molecule has 0 saturated heterocycles. The minimum atomic E-state index is -2.30. The fraction of sp³-hybridized carbons (Fsp3) is 0.259. The summed E-state index contributed by atoms with van der Waals surface area (Å²) in [5.74, 6) is 0. The van der Waals surface area contributed by atoms with Crippen LogP contribution in [0.5, 0.6) is 0 Å². The molecule has 1 aliphatic heterocycles. The van der Waals surface area contributed by atoms with Crippen molar-refractivity contribution in [2.24, 2.45) is 0 Å². The van der Waals surface area contributed by atoms with Gasteiger partial charge in [0.1, 0.15) is 7.59 Å². The van der Waals surface area contributed by atoms with Gasteiger partial charge in [0.15, 0.2) is 0 Å². The molecule has 0 fully saturated rings. The second-order valence-electron chi connectivity index (χ2n) is 9.61. The van der Waals surface area contributed by atoms with E-state index in [0.717, 1.165) is 0 Å². The van der Waals surface area contributed by atoms with Crippen LogP contribution in [0.2, 0.25) is 13.1 Å². The number of rotatable bonds is 4. The Balaban J connectivity index is 1.94. The van der Waals surface area contributed by atoms with Crippen molar-refractivity contribution in [1.29, 1.82) is 0 Å². The summed E-state index contributed by atoms with van der Waals surface area (Å²) in [7, 11) is -0.230. The lowest BCUT2D eigenvalue weighted by Crippen LogP contribution is -2.76. The first-order valence-electron chi connectivity index (χ1n) is 11.2. The second-order valence-corrected chi connectivity index (χ2v) is 21.6. The van der Waals surface area contributed by atoms with Crippen LogP contribution in [0.25, 0.3) is 21.5 Å². The van der Waals surface area contributed by atoms with Gasteiger partial charge in [-0.05, 0) is 58.2 Å². The van der Waals surface area contributed by atoms with E-state index in [-0.39, 0.29) is 6.10 Å². The fourth-order valence-electron chi connectivity index (χ4n) is 5.85. The van der Waals surface area contributed by atoms with Crippen LogP contribution >= 0.6 is 0 Å². The van der Waals surface area contributed by atoms with Crippen LogP contribution in [-0.2, 0) is 4.43 Å². The topological polar surface area (TPSA) is 12.5 Å². The van der Waals surface area contributed by atoms with Crippen LogP contribution in [0.4, 0.5) is 5.69 Å². The lowest BCUT2D eigenvalue weighted by molar-refractivity contribution is 0.244. The predicted octanol–water partition coefficient (Wildman–Crippen LogP) is 4.55. The molecule has 4 aromatic rings. The minimum Gasteiger partial charge on any atom is -0.412 e. The van der Waals surface area contributed by atoms with Crippen molar-refractivity contribution in [3.8, 4) is 0 Å². The number of fused-ring (bicyclic) bond motifs is 1. The van der Waals surface area contributed by atoms with Crippen molar-refractivity contribution >= 4 is 58.2 Å². The van der Waals surface area contributed by atoms with E-state index in [2.05, 4.69) is 119 Å². The molecule has 1 heterocycles. The summed E-state index contributed by atoms with van der Waals surface area (Å²) in [6.07, 6.45) is 0.205. The molecule has 158 valence electrons. The standard InChI is InChI=1S/C27H31NOSi2/c1-19(2)29-31(6)25-18-10-14-21-13-9-17-24(27(21)25)30(31,5)23-16-8-12-20-11-7-15-22(26(20)23)28(3)4/h7-19H,1-6H3. The molecule has 5 rings (SSSR count). The van der Waals surface area contributed by atoms with Gasteiger partial charge in [-0.2, -0.15) is 0 Å². The zero-order valence-electron chi connectivity index (χ0n) is 19.4. The average Bonchev–Trinajstić information content (AvgIpc) is 2.94. The van der Waals surface area contributed by atoms with Gasteiger partial charge in [0.25, 0.3) is 0 Å². The third-order valence-corrected chi connectivity index (χ3v) is 23.1. The zero-order valence-corrected chi connectivity index (χ0v) is 21.4. The first kappa shape index (κ1) is 20.5. The summed E-state index contributed by atoms with van der Waals surface area (Å²) in [6, 6.07) is 27.4. The molecule has 0 spiro atoms. The van der Waals surface area contributed by atoms with Crippen LogP contribution in [-0.4, -0.2) is 35.6 Å². The molecular formula is C27H31NOSi2. The maximum atomic E-state index is 7.08. The van der Waals surface area contributed by atoms with Crippen molar-refractivity contribution < 1.29 is 4.43 Å². The van der Waals surface area contributed by atoms with E-state index < -0.39 is 15.4 Å². The molecule has 0 bridgehead atoms. The molecule has 1 aliphatic rings. The summed E-state index contributed by atoms with van der Waals surface area (Å²) < 4.78 is 7.08. The Kier molecular flexibility index (Phi) is 4.66.